The molecule has 5 N–H and O–H groups in total. The lowest BCUT2D eigenvalue weighted by molar-refractivity contribution is 0.0925. The van der Waals surface area contributed by atoms with Crippen LogP contribution in [0.25, 0.3) is 0 Å². The van der Waals surface area contributed by atoms with Gasteiger partial charge in [-0.25, -0.2) is 18.7 Å². The van der Waals surface area contributed by atoms with Crippen LogP contribution in [0.15, 0.2) is 36.7 Å². The largest absolute Gasteiger partial charge is 0.378 e. The molecule has 1 aromatic carbocycles. The van der Waals surface area contributed by atoms with Crippen LogP contribution in [0.4, 0.5) is 25.4 Å². The van der Waals surface area contributed by atoms with Gasteiger partial charge in [0.1, 0.15) is 17.5 Å². The Morgan fingerprint density at radius 3 is 2.43 bits per heavy atom. The highest BCUT2D eigenvalue weighted by atomic mass is 32.1. The molecule has 1 aliphatic heterocycles. The van der Waals surface area contributed by atoms with Crippen molar-refractivity contribution in [2.75, 3.05) is 23.7 Å². The van der Waals surface area contributed by atoms with E-state index < -0.39 is 17.5 Å². The lowest BCUT2D eigenvalue weighted by Gasteiger charge is -2.23. The molecule has 1 aliphatic carbocycles. The number of halogens is 2. The molecule has 2 amide bonds. The Labute approximate surface area is 216 Å². The summed E-state index contributed by atoms with van der Waals surface area (Å²) in [4.78, 5) is 34.1. The summed E-state index contributed by atoms with van der Waals surface area (Å²) in [7, 11) is 0. The molecule has 2 aliphatic rings. The number of pyridine rings is 1. The number of hydrogen-bond donors (Lipinski definition) is 5. The minimum absolute atomic E-state index is 0.0327. The van der Waals surface area contributed by atoms with Gasteiger partial charge in [-0.1, -0.05) is 11.3 Å². The fraction of sp³-hybridized carbons (Fsp3) is 0.360. The van der Waals surface area contributed by atoms with E-state index in [1.165, 1.54) is 23.6 Å². The third-order valence-corrected chi connectivity index (χ3v) is 7.07. The maximum atomic E-state index is 14.3. The second-order valence-corrected chi connectivity index (χ2v) is 10.2. The smallest absolute Gasteiger partial charge is 0.254 e. The number of thiazole rings is 1. The number of amides is 2. The third kappa shape index (κ3) is 6.57. The molecule has 12 heteroatoms. The predicted octanol–water partition coefficient (Wildman–Crippen LogP) is 3.55. The molecule has 3 heterocycles. The summed E-state index contributed by atoms with van der Waals surface area (Å²) in [6, 6.07) is 5.55. The maximum Gasteiger partial charge on any atom is 0.254 e. The molecule has 0 unspecified atom stereocenters. The van der Waals surface area contributed by atoms with Crippen molar-refractivity contribution < 1.29 is 18.4 Å². The lowest BCUT2D eigenvalue weighted by atomic mass is 10.1. The number of piperidine rings is 1. The Morgan fingerprint density at radius 1 is 0.946 bits per heavy atom. The summed E-state index contributed by atoms with van der Waals surface area (Å²) < 4.78 is 28.4. The standard InChI is InChI=1S/C25H27F2N7O2S/c26-19-10-20(27)21(9-18(19)24(36)33-15-2-3-15)29-12-17-13-31-25(37-17)34-22-4-1-14(11-30-22)23(35)32-16-5-7-28-8-6-16/h1,4,9-11,13,15-16,28-29H,2-3,5-8,12H2,(H,32,35)(H,33,36)(H,30,31,34). The number of rotatable bonds is 9. The number of carbonyl (C=O) groups is 2. The topological polar surface area (TPSA) is 120 Å². The first-order valence-electron chi connectivity index (χ1n) is 12.2. The molecule has 1 saturated carbocycles. The summed E-state index contributed by atoms with van der Waals surface area (Å²) in [5.41, 5.74) is 0.325. The highest BCUT2D eigenvalue weighted by molar-refractivity contribution is 7.15. The van der Waals surface area contributed by atoms with Crippen LogP contribution >= 0.6 is 11.3 Å². The quantitative estimate of drug-likeness (QED) is 0.289. The number of hydrogen-bond acceptors (Lipinski definition) is 8. The molecule has 5 rings (SSSR count). The first kappa shape index (κ1) is 25.0. The number of benzene rings is 1. The van der Waals surface area contributed by atoms with E-state index in [9.17, 15) is 18.4 Å². The van der Waals surface area contributed by atoms with Crippen LogP contribution < -0.4 is 26.6 Å². The van der Waals surface area contributed by atoms with Crippen molar-refractivity contribution in [3.05, 3.63) is 64.3 Å². The van der Waals surface area contributed by atoms with Gasteiger partial charge in [-0.3, -0.25) is 9.59 Å². The summed E-state index contributed by atoms with van der Waals surface area (Å²) in [6.45, 7) is 2.03. The zero-order valence-corrected chi connectivity index (χ0v) is 20.8. The molecule has 1 saturated heterocycles. The monoisotopic (exact) mass is 527 g/mol. The van der Waals surface area contributed by atoms with Crippen molar-refractivity contribution in [3.63, 3.8) is 0 Å². The molecule has 2 fully saturated rings. The van der Waals surface area contributed by atoms with Crippen LogP contribution in [0, 0.1) is 11.6 Å². The summed E-state index contributed by atoms with van der Waals surface area (Å²) in [6.07, 6.45) is 6.70. The SMILES string of the molecule is O=C(NC1CCNCC1)c1ccc(Nc2ncc(CNc3cc(C(=O)NC4CC4)c(F)cc3F)s2)nc1. The fourth-order valence-corrected chi connectivity index (χ4v) is 4.68. The molecule has 0 radical (unpaired) electrons. The zero-order chi connectivity index (χ0) is 25.8. The summed E-state index contributed by atoms with van der Waals surface area (Å²) in [5.74, 6) is -1.84. The average Bonchev–Trinajstić information content (AvgIpc) is 3.60. The van der Waals surface area contributed by atoms with E-state index in [2.05, 4.69) is 36.6 Å². The Bertz CT molecular complexity index is 1270. The second kappa shape index (κ2) is 11.2. The number of carbonyl (C=O) groups excluding carboxylic acids is 2. The third-order valence-electron chi connectivity index (χ3n) is 6.16. The van der Waals surface area contributed by atoms with E-state index in [0.717, 1.165) is 43.6 Å². The Kier molecular flexibility index (Phi) is 7.56. The number of nitrogens with zero attached hydrogens (tertiary/aromatic N) is 2. The van der Waals surface area contributed by atoms with Gasteiger partial charge in [-0.2, -0.15) is 0 Å². The van der Waals surface area contributed by atoms with Crippen LogP contribution in [0.1, 0.15) is 51.3 Å². The average molecular weight is 528 g/mol. The zero-order valence-electron chi connectivity index (χ0n) is 19.9. The van der Waals surface area contributed by atoms with Crippen molar-refractivity contribution in [2.45, 2.75) is 44.3 Å². The van der Waals surface area contributed by atoms with Crippen molar-refractivity contribution in [2.24, 2.45) is 0 Å². The van der Waals surface area contributed by atoms with Crippen LogP contribution in [0.3, 0.4) is 0 Å². The molecule has 0 atom stereocenters. The van der Waals surface area contributed by atoms with E-state index in [1.54, 1.807) is 18.3 Å². The van der Waals surface area contributed by atoms with Gasteiger partial charge in [-0.05, 0) is 57.0 Å². The molecule has 2 aromatic heterocycles. The number of nitrogens with one attached hydrogen (secondary N) is 5. The summed E-state index contributed by atoms with van der Waals surface area (Å²) >= 11 is 1.33. The minimum Gasteiger partial charge on any atom is -0.378 e. The van der Waals surface area contributed by atoms with Gasteiger partial charge in [0.15, 0.2) is 5.13 Å². The van der Waals surface area contributed by atoms with Gasteiger partial charge in [-0.15, -0.1) is 0 Å². The molecule has 9 nitrogen and oxygen atoms in total. The Morgan fingerprint density at radius 2 is 1.70 bits per heavy atom. The normalized spacial score (nSPS) is 15.7. The molecule has 37 heavy (non-hydrogen) atoms. The predicted molar refractivity (Wildman–Crippen MR) is 137 cm³/mol. The number of aromatic nitrogens is 2. The molecule has 0 spiro atoms. The van der Waals surface area contributed by atoms with Crippen LogP contribution in [-0.2, 0) is 6.54 Å². The first-order valence-corrected chi connectivity index (χ1v) is 13.0. The van der Waals surface area contributed by atoms with Gasteiger partial charge < -0.3 is 26.6 Å². The van der Waals surface area contributed by atoms with Gasteiger partial charge in [0.05, 0.1) is 23.4 Å². The van der Waals surface area contributed by atoms with E-state index >= 15 is 0 Å². The molecule has 194 valence electrons. The van der Waals surface area contributed by atoms with E-state index in [1.807, 2.05) is 0 Å². The Balaban J connectivity index is 1.15. The van der Waals surface area contributed by atoms with Gasteiger partial charge >= 0.3 is 0 Å². The van der Waals surface area contributed by atoms with E-state index in [0.29, 0.717) is 22.6 Å². The van der Waals surface area contributed by atoms with Crippen molar-refractivity contribution in [1.82, 2.24) is 25.9 Å². The van der Waals surface area contributed by atoms with Gasteiger partial charge in [0.2, 0.25) is 0 Å². The second-order valence-electron chi connectivity index (χ2n) is 9.10. The van der Waals surface area contributed by atoms with Crippen LogP contribution in [0.5, 0.6) is 0 Å². The Hall–Kier alpha value is -3.64. The van der Waals surface area contributed by atoms with Gasteiger partial charge in [0.25, 0.3) is 11.8 Å². The highest BCUT2D eigenvalue weighted by Crippen LogP contribution is 2.26. The van der Waals surface area contributed by atoms with Crippen molar-refractivity contribution >= 4 is 39.8 Å². The lowest BCUT2D eigenvalue weighted by Crippen LogP contribution is -2.42. The van der Waals surface area contributed by atoms with E-state index in [4.69, 9.17) is 0 Å². The first-order chi connectivity index (χ1) is 17.9. The van der Waals surface area contributed by atoms with Gasteiger partial charge in [0, 0.05) is 35.4 Å². The minimum atomic E-state index is -0.896. The highest BCUT2D eigenvalue weighted by Gasteiger charge is 2.26. The number of anilines is 3. The van der Waals surface area contributed by atoms with E-state index in [-0.39, 0.29) is 35.8 Å². The van der Waals surface area contributed by atoms with Crippen molar-refractivity contribution in [1.29, 1.82) is 0 Å². The molecular formula is C25H27F2N7O2S. The van der Waals surface area contributed by atoms with Crippen LogP contribution in [0.2, 0.25) is 0 Å². The fourth-order valence-electron chi connectivity index (χ4n) is 3.93. The molecular weight excluding hydrogens is 500 g/mol. The molecule has 0 bridgehead atoms. The molecule has 3 aromatic rings. The summed E-state index contributed by atoms with van der Waals surface area (Å²) in [5, 5.41) is 15.6. The van der Waals surface area contributed by atoms with Crippen molar-refractivity contribution in [3.8, 4) is 0 Å². The maximum absolute atomic E-state index is 14.3. The van der Waals surface area contributed by atoms with Crippen LogP contribution in [-0.4, -0.2) is 47.0 Å².